The summed E-state index contributed by atoms with van der Waals surface area (Å²) in [5.41, 5.74) is -0.249. The molecular formula is C19H25F6N5O3. The van der Waals surface area contributed by atoms with Gasteiger partial charge < -0.3 is 14.7 Å². The maximum atomic E-state index is 12.6. The highest BCUT2D eigenvalue weighted by Gasteiger charge is 2.60. The van der Waals surface area contributed by atoms with Crippen LogP contribution in [0.4, 0.5) is 31.1 Å². The molecule has 1 unspecified atom stereocenters. The van der Waals surface area contributed by atoms with Crippen LogP contribution in [0, 0.1) is 0 Å². The number of nitrogens with zero attached hydrogens (tertiary/aromatic N) is 5. The standard InChI is InChI=1S/C19H25F6N5O3/c1-4-26-13-6-5-9-27-30(13)12-14(31)28(3)17(2)7-10-29(11-8-17)16(32)33-15(18(20,21)22)19(23,24)25/h4-6,9,14-15,31H,1,7-8,10-12H2,2-3H3/b26-13-. The first-order chi connectivity index (χ1) is 15.2. The quantitative estimate of drug-likeness (QED) is 0.495. The number of carbonyl (C=O) groups is 1. The molecular weight excluding hydrogens is 460 g/mol. The Kier molecular flexibility index (Phi) is 8.17. The van der Waals surface area contributed by atoms with Crippen molar-refractivity contribution < 1.29 is 41.0 Å². The van der Waals surface area contributed by atoms with Crippen LogP contribution in [0.5, 0.6) is 0 Å². The van der Waals surface area contributed by atoms with Crippen LogP contribution in [0.2, 0.25) is 0 Å². The SMILES string of the molecule is C=C/N=c1/cccnn1CC(O)N(C)C1(C)CCN(C(=O)OC(C(F)(F)F)C(F)(F)F)CC1. The molecule has 2 heterocycles. The Morgan fingerprint density at radius 1 is 1.33 bits per heavy atom. The minimum absolute atomic E-state index is 0.0319. The lowest BCUT2D eigenvalue weighted by atomic mass is 9.88. The molecule has 186 valence electrons. The van der Waals surface area contributed by atoms with Crippen molar-refractivity contribution in [2.45, 2.75) is 56.5 Å². The molecule has 2 rings (SSSR count). The number of likely N-dealkylation sites (N-methyl/N-ethyl adjacent to an activating group) is 1. The lowest BCUT2D eigenvalue weighted by Crippen LogP contribution is -2.58. The van der Waals surface area contributed by atoms with Crippen LogP contribution >= 0.6 is 0 Å². The Labute approximate surface area is 185 Å². The zero-order chi connectivity index (χ0) is 25.0. The number of carbonyl (C=O) groups excluding carboxylic acids is 1. The van der Waals surface area contributed by atoms with Gasteiger partial charge in [0.05, 0.1) is 6.54 Å². The lowest BCUT2D eigenvalue weighted by Gasteiger charge is -2.46. The summed E-state index contributed by atoms with van der Waals surface area (Å²) in [6.45, 7) is 5.01. The van der Waals surface area contributed by atoms with E-state index in [1.54, 1.807) is 31.0 Å². The molecule has 1 aliphatic heterocycles. The average molecular weight is 485 g/mol. The van der Waals surface area contributed by atoms with Crippen molar-refractivity contribution in [1.82, 2.24) is 19.6 Å². The molecule has 0 spiro atoms. The van der Waals surface area contributed by atoms with Gasteiger partial charge in [-0.2, -0.15) is 31.4 Å². The van der Waals surface area contributed by atoms with E-state index < -0.39 is 36.3 Å². The number of aliphatic hydroxyl groups is 1. The monoisotopic (exact) mass is 485 g/mol. The fraction of sp³-hybridized carbons (Fsp3) is 0.632. The first-order valence-corrected chi connectivity index (χ1v) is 9.86. The first kappa shape index (κ1) is 26.6. The first-order valence-electron chi connectivity index (χ1n) is 9.86. The molecule has 0 saturated carbocycles. The number of halogens is 6. The fourth-order valence-corrected chi connectivity index (χ4v) is 3.39. The molecule has 1 aromatic heterocycles. The highest BCUT2D eigenvalue weighted by Crippen LogP contribution is 2.36. The maximum Gasteiger partial charge on any atom is 0.434 e. The molecule has 1 aliphatic rings. The number of rotatable bonds is 6. The minimum Gasteiger partial charge on any atom is -0.426 e. The molecule has 33 heavy (non-hydrogen) atoms. The number of aliphatic hydroxyl groups excluding tert-OH is 1. The van der Waals surface area contributed by atoms with Crippen molar-refractivity contribution in [2.75, 3.05) is 20.1 Å². The number of hydrogen-bond donors (Lipinski definition) is 1. The van der Waals surface area contributed by atoms with Crippen LogP contribution in [-0.4, -0.2) is 81.1 Å². The van der Waals surface area contributed by atoms with Gasteiger partial charge in [0, 0.05) is 31.0 Å². The molecule has 0 radical (unpaired) electrons. The van der Waals surface area contributed by atoms with Gasteiger partial charge in [0.25, 0.3) is 6.10 Å². The van der Waals surface area contributed by atoms with Crippen LogP contribution in [-0.2, 0) is 11.3 Å². The van der Waals surface area contributed by atoms with Gasteiger partial charge >= 0.3 is 18.4 Å². The summed E-state index contributed by atoms with van der Waals surface area (Å²) in [6, 6.07) is 3.33. The fourth-order valence-electron chi connectivity index (χ4n) is 3.39. The Morgan fingerprint density at radius 3 is 2.42 bits per heavy atom. The Balaban J connectivity index is 2.02. The van der Waals surface area contributed by atoms with Crippen molar-refractivity contribution in [1.29, 1.82) is 0 Å². The van der Waals surface area contributed by atoms with Gasteiger partial charge in [-0.05, 0) is 38.9 Å². The van der Waals surface area contributed by atoms with Crippen molar-refractivity contribution in [3.05, 3.63) is 36.6 Å². The predicted molar refractivity (Wildman–Crippen MR) is 103 cm³/mol. The second-order valence-electron chi connectivity index (χ2n) is 7.80. The number of aromatic nitrogens is 2. The Hall–Kier alpha value is -2.61. The van der Waals surface area contributed by atoms with E-state index in [4.69, 9.17) is 0 Å². The van der Waals surface area contributed by atoms with Gasteiger partial charge in [-0.3, -0.25) is 4.90 Å². The van der Waals surface area contributed by atoms with Crippen LogP contribution in [0.25, 0.3) is 0 Å². The minimum atomic E-state index is -5.78. The van der Waals surface area contributed by atoms with Gasteiger partial charge in [-0.15, -0.1) is 0 Å². The number of likely N-dealkylation sites (tertiary alicyclic amines) is 1. The van der Waals surface area contributed by atoms with Gasteiger partial charge in [-0.25, -0.2) is 14.5 Å². The van der Waals surface area contributed by atoms with Crippen molar-refractivity contribution in [3.8, 4) is 0 Å². The number of hydrogen-bond acceptors (Lipinski definition) is 6. The van der Waals surface area contributed by atoms with Gasteiger partial charge in [0.1, 0.15) is 11.7 Å². The lowest BCUT2D eigenvalue weighted by molar-refractivity contribution is -0.308. The van der Waals surface area contributed by atoms with Crippen LogP contribution in [0.1, 0.15) is 19.8 Å². The summed E-state index contributed by atoms with van der Waals surface area (Å²) < 4.78 is 81.1. The molecule has 1 aromatic rings. The van der Waals surface area contributed by atoms with Crippen LogP contribution in [0.15, 0.2) is 36.1 Å². The number of ether oxygens (including phenoxy) is 1. The molecule has 14 heteroatoms. The van der Waals surface area contributed by atoms with Gasteiger partial charge in [0.2, 0.25) is 0 Å². The number of amides is 1. The number of alkyl halides is 6. The maximum absolute atomic E-state index is 12.6. The van der Waals surface area contributed by atoms with E-state index in [-0.39, 0.29) is 32.5 Å². The summed E-state index contributed by atoms with van der Waals surface area (Å²) in [6.07, 6.45) is -15.3. The largest absolute Gasteiger partial charge is 0.434 e. The normalized spacial score (nSPS) is 18.5. The van der Waals surface area contributed by atoms with Crippen molar-refractivity contribution in [3.63, 3.8) is 0 Å². The van der Waals surface area contributed by atoms with Gasteiger partial charge in [0.15, 0.2) is 0 Å². The summed E-state index contributed by atoms with van der Waals surface area (Å²) in [5.74, 6) is 0. The smallest absolute Gasteiger partial charge is 0.426 e. The molecule has 1 N–H and O–H groups in total. The van der Waals surface area contributed by atoms with E-state index in [2.05, 4.69) is 21.4 Å². The van der Waals surface area contributed by atoms with E-state index in [9.17, 15) is 36.2 Å². The van der Waals surface area contributed by atoms with Crippen LogP contribution in [0.3, 0.4) is 0 Å². The second-order valence-corrected chi connectivity index (χ2v) is 7.80. The predicted octanol–water partition coefficient (Wildman–Crippen LogP) is 2.66. The summed E-state index contributed by atoms with van der Waals surface area (Å²) in [4.78, 5) is 18.4. The van der Waals surface area contributed by atoms with E-state index in [1.165, 1.54) is 17.1 Å². The van der Waals surface area contributed by atoms with E-state index in [0.717, 1.165) is 4.90 Å². The third kappa shape index (κ3) is 6.69. The molecule has 1 atom stereocenters. The molecule has 1 amide bonds. The van der Waals surface area contributed by atoms with Gasteiger partial charge in [-0.1, -0.05) is 6.58 Å². The zero-order valence-electron chi connectivity index (χ0n) is 18.0. The Bertz CT molecular complexity index is 879. The topological polar surface area (TPSA) is 83.2 Å². The van der Waals surface area contributed by atoms with Crippen molar-refractivity contribution >= 4 is 6.09 Å². The molecule has 0 aromatic carbocycles. The average Bonchev–Trinajstić information content (AvgIpc) is 2.71. The van der Waals surface area contributed by atoms with E-state index in [0.29, 0.717) is 5.49 Å². The highest BCUT2D eigenvalue weighted by molar-refractivity contribution is 5.68. The van der Waals surface area contributed by atoms with Crippen molar-refractivity contribution in [2.24, 2.45) is 4.99 Å². The molecule has 1 saturated heterocycles. The highest BCUT2D eigenvalue weighted by atomic mass is 19.4. The number of piperidine rings is 1. The summed E-state index contributed by atoms with van der Waals surface area (Å²) in [5, 5.41) is 14.8. The Morgan fingerprint density at radius 2 is 1.91 bits per heavy atom. The summed E-state index contributed by atoms with van der Waals surface area (Å²) in [7, 11) is 1.62. The third-order valence-electron chi connectivity index (χ3n) is 5.57. The second kappa shape index (κ2) is 10.1. The molecule has 0 bridgehead atoms. The molecule has 1 fully saturated rings. The zero-order valence-corrected chi connectivity index (χ0v) is 18.0. The summed E-state index contributed by atoms with van der Waals surface area (Å²) >= 11 is 0. The molecule has 8 nitrogen and oxygen atoms in total. The van der Waals surface area contributed by atoms with Crippen LogP contribution < -0.4 is 5.49 Å². The van der Waals surface area contributed by atoms with E-state index in [1.807, 2.05) is 0 Å². The molecule has 0 aliphatic carbocycles. The third-order valence-corrected chi connectivity index (χ3v) is 5.57. The van der Waals surface area contributed by atoms with E-state index >= 15 is 0 Å².